The van der Waals surface area contributed by atoms with Crippen LogP contribution < -0.4 is 5.32 Å². The number of amides is 2. The molecule has 4 rings (SSSR count). The summed E-state index contributed by atoms with van der Waals surface area (Å²) in [6, 6.07) is 14.2. The van der Waals surface area contributed by atoms with Crippen LogP contribution in [0.25, 0.3) is 11.0 Å². The molecule has 27 heavy (non-hydrogen) atoms. The third-order valence-electron chi connectivity index (χ3n) is 5.09. The number of anilines is 1. The standard InChI is InChI=1S/C21H24N4OS/c1-14-5-10-18-19(12-14)24-20(23-18)15-4-3-11-25(13-15)21(26)22-16-6-8-17(27-2)9-7-16/h5-10,12,15H,3-4,11,13H2,1-2H3,(H,22,26)(H,23,24). The predicted molar refractivity (Wildman–Crippen MR) is 112 cm³/mol. The SMILES string of the molecule is CSc1ccc(NC(=O)N2CCCC(c3nc4ccc(C)cc4[nH]3)C2)cc1. The van der Waals surface area contributed by atoms with Gasteiger partial charge in [-0.25, -0.2) is 9.78 Å². The van der Waals surface area contributed by atoms with Crippen LogP contribution in [-0.4, -0.2) is 40.2 Å². The average molecular weight is 381 g/mol. The van der Waals surface area contributed by atoms with Crippen molar-refractivity contribution in [3.05, 3.63) is 53.9 Å². The van der Waals surface area contributed by atoms with Crippen molar-refractivity contribution < 1.29 is 4.79 Å². The first-order valence-corrected chi connectivity index (χ1v) is 10.5. The minimum absolute atomic E-state index is 0.0384. The van der Waals surface area contributed by atoms with Crippen LogP contribution in [0.4, 0.5) is 10.5 Å². The first-order chi connectivity index (χ1) is 13.1. The van der Waals surface area contributed by atoms with Crippen LogP contribution in [0.5, 0.6) is 0 Å². The molecule has 0 spiro atoms. The van der Waals surface area contributed by atoms with Crippen LogP contribution in [0, 0.1) is 6.92 Å². The van der Waals surface area contributed by atoms with Gasteiger partial charge in [-0.05, 0) is 68.0 Å². The number of hydrogen-bond acceptors (Lipinski definition) is 3. The number of imidazole rings is 1. The number of benzene rings is 2. The molecule has 1 fully saturated rings. The fourth-order valence-electron chi connectivity index (χ4n) is 3.60. The van der Waals surface area contributed by atoms with Crippen LogP contribution in [0.1, 0.15) is 30.1 Å². The highest BCUT2D eigenvalue weighted by molar-refractivity contribution is 7.98. The van der Waals surface area contributed by atoms with Crippen molar-refractivity contribution in [2.45, 2.75) is 30.6 Å². The van der Waals surface area contributed by atoms with Crippen LogP contribution in [0.15, 0.2) is 47.4 Å². The third kappa shape index (κ3) is 3.95. The molecular weight excluding hydrogens is 356 g/mol. The number of nitrogens with zero attached hydrogens (tertiary/aromatic N) is 2. The van der Waals surface area contributed by atoms with Crippen molar-refractivity contribution in [3.8, 4) is 0 Å². The number of likely N-dealkylation sites (tertiary alicyclic amines) is 1. The lowest BCUT2D eigenvalue weighted by Crippen LogP contribution is -2.41. The van der Waals surface area contributed by atoms with Gasteiger partial charge in [0.15, 0.2) is 0 Å². The second kappa shape index (κ2) is 7.64. The number of hydrogen-bond donors (Lipinski definition) is 2. The summed E-state index contributed by atoms with van der Waals surface area (Å²) in [7, 11) is 0. The maximum atomic E-state index is 12.7. The van der Waals surface area contributed by atoms with Gasteiger partial charge in [-0.2, -0.15) is 0 Å². The van der Waals surface area contributed by atoms with Crippen molar-refractivity contribution in [2.24, 2.45) is 0 Å². The van der Waals surface area contributed by atoms with E-state index < -0.39 is 0 Å². The molecule has 1 aliphatic heterocycles. The molecule has 1 aromatic heterocycles. The number of rotatable bonds is 3. The molecule has 1 unspecified atom stereocenters. The number of thioether (sulfide) groups is 1. The van der Waals surface area contributed by atoms with E-state index in [4.69, 9.17) is 4.98 Å². The number of carbonyl (C=O) groups excluding carboxylic acids is 1. The van der Waals surface area contributed by atoms with Crippen molar-refractivity contribution in [3.63, 3.8) is 0 Å². The van der Waals surface area contributed by atoms with Gasteiger partial charge >= 0.3 is 6.03 Å². The lowest BCUT2D eigenvalue weighted by Gasteiger charge is -2.31. The van der Waals surface area contributed by atoms with Crippen LogP contribution >= 0.6 is 11.8 Å². The van der Waals surface area contributed by atoms with Gasteiger partial charge in [0.2, 0.25) is 0 Å². The van der Waals surface area contributed by atoms with Crippen LogP contribution in [-0.2, 0) is 0 Å². The monoisotopic (exact) mass is 380 g/mol. The molecule has 2 heterocycles. The highest BCUT2D eigenvalue weighted by Crippen LogP contribution is 2.27. The van der Waals surface area contributed by atoms with E-state index in [1.54, 1.807) is 11.8 Å². The van der Waals surface area contributed by atoms with Crippen LogP contribution in [0.3, 0.4) is 0 Å². The Morgan fingerprint density at radius 3 is 2.85 bits per heavy atom. The summed E-state index contributed by atoms with van der Waals surface area (Å²) in [6.45, 7) is 3.55. The first-order valence-electron chi connectivity index (χ1n) is 9.28. The van der Waals surface area contributed by atoms with E-state index >= 15 is 0 Å². The minimum atomic E-state index is -0.0384. The molecule has 6 heteroatoms. The molecule has 2 aromatic carbocycles. The number of fused-ring (bicyclic) bond motifs is 1. The predicted octanol–water partition coefficient (Wildman–Crippen LogP) is 5.00. The van der Waals surface area contributed by atoms with E-state index in [1.807, 2.05) is 35.4 Å². The molecule has 2 N–H and O–H groups in total. The van der Waals surface area contributed by atoms with Crippen molar-refractivity contribution >= 4 is 34.5 Å². The van der Waals surface area contributed by atoms with Crippen molar-refractivity contribution in [2.75, 3.05) is 24.7 Å². The topological polar surface area (TPSA) is 61.0 Å². The number of carbonyl (C=O) groups is 1. The van der Waals surface area contributed by atoms with Gasteiger partial charge in [-0.1, -0.05) is 6.07 Å². The Hall–Kier alpha value is -2.47. The molecule has 5 nitrogen and oxygen atoms in total. The molecule has 1 atom stereocenters. The summed E-state index contributed by atoms with van der Waals surface area (Å²) in [5.41, 5.74) is 4.11. The van der Waals surface area contributed by atoms with E-state index in [-0.39, 0.29) is 11.9 Å². The Balaban J connectivity index is 1.45. The van der Waals surface area contributed by atoms with E-state index in [1.165, 1.54) is 10.5 Å². The van der Waals surface area contributed by atoms with Crippen molar-refractivity contribution in [1.29, 1.82) is 0 Å². The van der Waals surface area contributed by atoms with E-state index in [0.717, 1.165) is 41.9 Å². The maximum Gasteiger partial charge on any atom is 0.321 e. The summed E-state index contributed by atoms with van der Waals surface area (Å²) in [5.74, 6) is 1.23. The molecule has 0 radical (unpaired) electrons. The molecule has 0 saturated carbocycles. The lowest BCUT2D eigenvalue weighted by molar-refractivity contribution is 0.191. The molecular formula is C21H24N4OS. The number of aromatic nitrogens is 2. The number of H-pyrrole nitrogens is 1. The first kappa shape index (κ1) is 17.9. The number of aryl methyl sites for hydroxylation is 1. The molecule has 0 bridgehead atoms. The fraction of sp³-hybridized carbons (Fsp3) is 0.333. The van der Waals surface area contributed by atoms with Gasteiger partial charge in [0.1, 0.15) is 5.82 Å². The molecule has 1 aliphatic rings. The van der Waals surface area contributed by atoms with Gasteiger partial charge in [-0.3, -0.25) is 0 Å². The lowest BCUT2D eigenvalue weighted by atomic mass is 9.97. The summed E-state index contributed by atoms with van der Waals surface area (Å²) in [4.78, 5) is 24.0. The summed E-state index contributed by atoms with van der Waals surface area (Å²) in [5, 5.41) is 3.02. The Morgan fingerprint density at radius 1 is 1.26 bits per heavy atom. The maximum absolute atomic E-state index is 12.7. The van der Waals surface area contributed by atoms with Gasteiger partial charge in [0.05, 0.1) is 11.0 Å². The number of piperidine rings is 1. The normalized spacial score (nSPS) is 17.3. The summed E-state index contributed by atoms with van der Waals surface area (Å²) in [6.07, 6.45) is 4.07. The second-order valence-electron chi connectivity index (χ2n) is 7.09. The number of aromatic amines is 1. The minimum Gasteiger partial charge on any atom is -0.342 e. The second-order valence-corrected chi connectivity index (χ2v) is 7.97. The highest BCUT2D eigenvalue weighted by Gasteiger charge is 2.26. The molecule has 0 aliphatic carbocycles. The van der Waals surface area contributed by atoms with E-state index in [9.17, 15) is 4.79 Å². The smallest absolute Gasteiger partial charge is 0.321 e. The fourth-order valence-corrected chi connectivity index (χ4v) is 4.01. The number of urea groups is 1. The zero-order valence-corrected chi connectivity index (χ0v) is 16.5. The van der Waals surface area contributed by atoms with Gasteiger partial charge in [0, 0.05) is 29.6 Å². The zero-order chi connectivity index (χ0) is 18.8. The molecule has 2 amide bonds. The molecule has 3 aromatic rings. The van der Waals surface area contributed by atoms with Crippen molar-refractivity contribution in [1.82, 2.24) is 14.9 Å². The van der Waals surface area contributed by atoms with E-state index in [2.05, 4.69) is 35.4 Å². The Morgan fingerprint density at radius 2 is 2.07 bits per heavy atom. The van der Waals surface area contributed by atoms with Gasteiger partial charge < -0.3 is 15.2 Å². The Bertz CT molecular complexity index is 950. The quantitative estimate of drug-likeness (QED) is 0.628. The highest BCUT2D eigenvalue weighted by atomic mass is 32.2. The van der Waals surface area contributed by atoms with Gasteiger partial charge in [-0.15, -0.1) is 11.8 Å². The summed E-state index contributed by atoms with van der Waals surface area (Å²) < 4.78 is 0. The Kier molecular flexibility index (Phi) is 5.07. The zero-order valence-electron chi connectivity index (χ0n) is 15.7. The van der Waals surface area contributed by atoms with Gasteiger partial charge in [0.25, 0.3) is 0 Å². The van der Waals surface area contributed by atoms with E-state index in [0.29, 0.717) is 6.54 Å². The largest absolute Gasteiger partial charge is 0.342 e. The summed E-state index contributed by atoms with van der Waals surface area (Å²) >= 11 is 1.69. The average Bonchev–Trinajstić information content (AvgIpc) is 3.12. The number of nitrogens with one attached hydrogen (secondary N) is 2. The molecule has 140 valence electrons. The van der Waals surface area contributed by atoms with Crippen LogP contribution in [0.2, 0.25) is 0 Å². The Labute approximate surface area is 163 Å². The third-order valence-corrected chi connectivity index (χ3v) is 5.84. The molecule has 1 saturated heterocycles.